The molecule has 9 nitrogen and oxygen atoms in total. The summed E-state index contributed by atoms with van der Waals surface area (Å²) in [6, 6.07) is 5.28. The van der Waals surface area contributed by atoms with E-state index in [1.807, 2.05) is 19.0 Å². The van der Waals surface area contributed by atoms with Crippen molar-refractivity contribution in [1.82, 2.24) is 29.0 Å². The van der Waals surface area contributed by atoms with Crippen molar-refractivity contribution in [2.24, 2.45) is 0 Å². The summed E-state index contributed by atoms with van der Waals surface area (Å²) in [6.07, 6.45) is 2.28. The predicted molar refractivity (Wildman–Crippen MR) is 104 cm³/mol. The number of aromatic nitrogens is 5. The normalized spacial score (nSPS) is 13.9. The van der Waals surface area contributed by atoms with Crippen LogP contribution in [0.2, 0.25) is 0 Å². The zero-order valence-electron chi connectivity index (χ0n) is 15.2. The lowest BCUT2D eigenvalue weighted by molar-refractivity contribution is 0.0950. The van der Waals surface area contributed by atoms with Gasteiger partial charge in [0, 0.05) is 32.7 Å². The first-order chi connectivity index (χ1) is 13.1. The Morgan fingerprint density at radius 1 is 1.15 bits per heavy atom. The molecule has 1 N–H and O–H groups in total. The van der Waals surface area contributed by atoms with Gasteiger partial charge in [-0.2, -0.15) is 23.7 Å². The molecule has 1 saturated heterocycles. The van der Waals surface area contributed by atoms with Crippen molar-refractivity contribution >= 4 is 40.6 Å². The minimum absolute atomic E-state index is 0.195. The molecule has 140 valence electrons. The number of benzene rings is 1. The van der Waals surface area contributed by atoms with E-state index in [9.17, 15) is 4.79 Å². The largest absolute Gasteiger partial charge is 0.347 e. The molecule has 0 unspecified atom stereocenters. The molecule has 10 heteroatoms. The predicted octanol–water partition coefficient (Wildman–Crippen LogP) is 1.47. The highest BCUT2D eigenvalue weighted by molar-refractivity contribution is 7.00. The molecule has 0 spiro atoms. The van der Waals surface area contributed by atoms with Gasteiger partial charge in [0.05, 0.1) is 18.3 Å². The van der Waals surface area contributed by atoms with Crippen LogP contribution in [0.4, 0.5) is 11.9 Å². The van der Waals surface area contributed by atoms with Crippen LogP contribution in [0.25, 0.3) is 11.0 Å². The van der Waals surface area contributed by atoms with Crippen LogP contribution in [0.5, 0.6) is 0 Å². The van der Waals surface area contributed by atoms with E-state index in [0.29, 0.717) is 23.3 Å². The van der Waals surface area contributed by atoms with Crippen molar-refractivity contribution < 1.29 is 4.79 Å². The van der Waals surface area contributed by atoms with Gasteiger partial charge in [-0.15, -0.1) is 0 Å². The lowest BCUT2D eigenvalue weighted by Gasteiger charge is -2.18. The molecule has 27 heavy (non-hydrogen) atoms. The Balaban J connectivity index is 1.51. The third-order valence-corrected chi connectivity index (χ3v) is 4.93. The first-order valence-corrected chi connectivity index (χ1v) is 9.51. The topological polar surface area (TPSA) is 100 Å². The van der Waals surface area contributed by atoms with Crippen molar-refractivity contribution in [3.63, 3.8) is 0 Å². The van der Waals surface area contributed by atoms with Crippen molar-refractivity contribution in [2.45, 2.75) is 19.4 Å². The smallest absolute Gasteiger partial charge is 0.251 e. The fourth-order valence-corrected chi connectivity index (χ4v) is 3.44. The molecule has 1 aliphatic heterocycles. The molecule has 4 rings (SSSR count). The van der Waals surface area contributed by atoms with Gasteiger partial charge < -0.3 is 15.1 Å². The first kappa shape index (κ1) is 17.5. The van der Waals surface area contributed by atoms with Gasteiger partial charge in [-0.1, -0.05) is 0 Å². The second-order valence-corrected chi connectivity index (χ2v) is 7.12. The van der Waals surface area contributed by atoms with Crippen LogP contribution in [0.1, 0.15) is 29.0 Å². The summed E-state index contributed by atoms with van der Waals surface area (Å²) in [6.45, 7) is 2.13. The standard InChI is InChI=1S/C17H20N8OS/c1-24(2)16-19-14(20-17(21-16)25-7-3-4-8-25)10-18-15(26)11-5-6-12-13(9-11)23-27-22-12/h5-6,9H,3-4,7-8,10H2,1-2H3,(H,18,26). The molecular formula is C17H20N8OS. The lowest BCUT2D eigenvalue weighted by atomic mass is 10.2. The van der Waals surface area contributed by atoms with Gasteiger partial charge in [0.1, 0.15) is 11.0 Å². The van der Waals surface area contributed by atoms with Gasteiger partial charge in [0.2, 0.25) is 11.9 Å². The molecule has 3 heterocycles. The number of fused-ring (bicyclic) bond motifs is 1. The molecule has 0 bridgehead atoms. The van der Waals surface area contributed by atoms with Crippen LogP contribution in [-0.4, -0.2) is 56.8 Å². The Morgan fingerprint density at radius 3 is 2.70 bits per heavy atom. The highest BCUT2D eigenvalue weighted by Crippen LogP contribution is 2.18. The lowest BCUT2D eigenvalue weighted by Crippen LogP contribution is -2.27. The highest BCUT2D eigenvalue weighted by Gasteiger charge is 2.18. The minimum atomic E-state index is -0.195. The Morgan fingerprint density at radius 2 is 1.93 bits per heavy atom. The zero-order chi connectivity index (χ0) is 18.8. The summed E-state index contributed by atoms with van der Waals surface area (Å²) in [5.74, 6) is 1.61. The van der Waals surface area contributed by atoms with E-state index >= 15 is 0 Å². The summed E-state index contributed by atoms with van der Waals surface area (Å²) >= 11 is 1.13. The second-order valence-electron chi connectivity index (χ2n) is 6.59. The Bertz CT molecular complexity index is 966. The minimum Gasteiger partial charge on any atom is -0.347 e. The maximum Gasteiger partial charge on any atom is 0.251 e. The molecule has 0 radical (unpaired) electrons. The monoisotopic (exact) mass is 384 g/mol. The SMILES string of the molecule is CN(C)c1nc(CNC(=O)c2ccc3nsnc3c2)nc(N2CCCC2)n1. The molecule has 2 aromatic heterocycles. The van der Waals surface area contributed by atoms with Gasteiger partial charge in [-0.05, 0) is 31.0 Å². The Kier molecular flexibility index (Phi) is 4.80. The van der Waals surface area contributed by atoms with Crippen molar-refractivity contribution in [3.8, 4) is 0 Å². The quantitative estimate of drug-likeness (QED) is 0.706. The molecule has 3 aromatic rings. The molecule has 1 fully saturated rings. The summed E-state index contributed by atoms with van der Waals surface area (Å²) in [4.78, 5) is 30.0. The summed E-state index contributed by atoms with van der Waals surface area (Å²) in [5.41, 5.74) is 2.05. The van der Waals surface area contributed by atoms with E-state index in [1.165, 1.54) is 0 Å². The molecule has 0 aliphatic carbocycles. The van der Waals surface area contributed by atoms with E-state index in [2.05, 4.69) is 33.9 Å². The highest BCUT2D eigenvalue weighted by atomic mass is 32.1. The second kappa shape index (κ2) is 7.39. The number of anilines is 2. The van der Waals surface area contributed by atoms with Gasteiger partial charge in [-0.3, -0.25) is 4.79 Å². The number of carbonyl (C=O) groups is 1. The Labute approximate surface area is 160 Å². The van der Waals surface area contributed by atoms with Gasteiger partial charge in [0.25, 0.3) is 5.91 Å². The zero-order valence-corrected chi connectivity index (χ0v) is 16.0. The van der Waals surface area contributed by atoms with Gasteiger partial charge in [-0.25, -0.2) is 0 Å². The average Bonchev–Trinajstić information content (AvgIpc) is 3.36. The van der Waals surface area contributed by atoms with Crippen LogP contribution < -0.4 is 15.1 Å². The number of nitrogens with one attached hydrogen (secondary N) is 1. The molecule has 0 atom stereocenters. The van der Waals surface area contributed by atoms with E-state index in [0.717, 1.165) is 48.7 Å². The molecule has 1 aromatic carbocycles. The maximum atomic E-state index is 12.5. The fourth-order valence-electron chi connectivity index (χ4n) is 2.92. The van der Waals surface area contributed by atoms with E-state index in [-0.39, 0.29) is 12.5 Å². The number of nitrogens with zero attached hydrogens (tertiary/aromatic N) is 7. The van der Waals surface area contributed by atoms with Gasteiger partial charge >= 0.3 is 0 Å². The van der Waals surface area contributed by atoms with Gasteiger partial charge in [0.15, 0.2) is 5.82 Å². The van der Waals surface area contributed by atoms with E-state index in [4.69, 9.17) is 0 Å². The van der Waals surface area contributed by atoms with Crippen LogP contribution in [0.3, 0.4) is 0 Å². The average molecular weight is 384 g/mol. The van der Waals surface area contributed by atoms with Crippen molar-refractivity contribution in [2.75, 3.05) is 37.0 Å². The molecule has 1 amide bonds. The fraction of sp³-hybridized carbons (Fsp3) is 0.412. The Hall–Kier alpha value is -2.88. The van der Waals surface area contributed by atoms with Crippen LogP contribution in [0, 0.1) is 0 Å². The van der Waals surface area contributed by atoms with Crippen LogP contribution >= 0.6 is 11.7 Å². The summed E-state index contributed by atoms with van der Waals surface area (Å²) in [5, 5.41) is 2.88. The van der Waals surface area contributed by atoms with E-state index in [1.54, 1.807) is 18.2 Å². The molecular weight excluding hydrogens is 364 g/mol. The number of hydrogen-bond acceptors (Lipinski definition) is 9. The third kappa shape index (κ3) is 3.80. The summed E-state index contributed by atoms with van der Waals surface area (Å²) in [7, 11) is 3.78. The number of hydrogen-bond donors (Lipinski definition) is 1. The third-order valence-electron chi connectivity index (χ3n) is 4.37. The van der Waals surface area contributed by atoms with Crippen molar-refractivity contribution in [1.29, 1.82) is 0 Å². The van der Waals surface area contributed by atoms with Crippen LogP contribution in [0.15, 0.2) is 18.2 Å². The molecule has 1 aliphatic rings. The maximum absolute atomic E-state index is 12.5. The van der Waals surface area contributed by atoms with E-state index < -0.39 is 0 Å². The first-order valence-electron chi connectivity index (χ1n) is 8.78. The number of carbonyl (C=O) groups excluding carboxylic acids is 1. The number of rotatable bonds is 5. The number of amides is 1. The summed E-state index contributed by atoms with van der Waals surface area (Å²) < 4.78 is 8.32. The van der Waals surface area contributed by atoms with Crippen LogP contribution in [-0.2, 0) is 6.54 Å². The molecule has 0 saturated carbocycles. The van der Waals surface area contributed by atoms with Crippen molar-refractivity contribution in [3.05, 3.63) is 29.6 Å².